The zero-order valence-corrected chi connectivity index (χ0v) is 91.2. The first kappa shape index (κ1) is 110. The third-order valence-corrected chi connectivity index (χ3v) is 29.3. The normalized spacial score (nSPS) is 14.4. The van der Waals surface area contributed by atoms with Crippen LogP contribution in [-0.4, -0.2) is 165 Å². The first-order valence-electron chi connectivity index (χ1n) is 49.3. The lowest BCUT2D eigenvalue weighted by Gasteiger charge is -2.22. The lowest BCUT2D eigenvalue weighted by Crippen LogP contribution is -2.21. The lowest BCUT2D eigenvalue weighted by atomic mass is 9.90. The molecule has 12 aromatic carbocycles. The van der Waals surface area contributed by atoms with Crippen molar-refractivity contribution in [3.05, 3.63) is 397 Å². The molecule has 19 rings (SSSR count). The van der Waals surface area contributed by atoms with Crippen LogP contribution in [0, 0.1) is 23.4 Å². The van der Waals surface area contributed by atoms with E-state index in [-0.39, 0.29) is 17.5 Å². The number of halogens is 12. The molecule has 0 saturated heterocycles. The van der Waals surface area contributed by atoms with Crippen molar-refractivity contribution in [2.24, 2.45) is 41.6 Å². The number of rotatable bonds is 34. The van der Waals surface area contributed by atoms with Crippen molar-refractivity contribution in [3.63, 3.8) is 0 Å². The Balaban J connectivity index is 0.000000138. The van der Waals surface area contributed by atoms with Gasteiger partial charge in [-0.25, -0.2) is 13.2 Å². The van der Waals surface area contributed by atoms with Gasteiger partial charge >= 0.3 is 0 Å². The number of benzene rings is 12. The molecule has 6 aliphatic heterocycles. The molecule has 1 fully saturated rings. The molecule has 1 saturated carbocycles. The molecule has 17 nitrogen and oxygen atoms in total. The first-order chi connectivity index (χ1) is 70.2. The molecule has 0 radical (unpaired) electrons. The Hall–Kier alpha value is -10.1. The van der Waals surface area contributed by atoms with E-state index in [2.05, 4.69) is 215 Å². The van der Waals surface area contributed by atoms with Crippen molar-refractivity contribution in [1.29, 1.82) is 0 Å². The van der Waals surface area contributed by atoms with E-state index in [1.165, 1.54) is 72.6 Å². The highest BCUT2D eigenvalue weighted by atomic mass is 79.9. The largest absolute Gasteiger partial charge is 0.493 e. The molecule has 144 heavy (non-hydrogen) atoms. The van der Waals surface area contributed by atoms with Gasteiger partial charge in [0, 0.05) is 134 Å². The minimum absolute atomic E-state index is 0.191. The predicted molar refractivity (Wildman–Crippen MR) is 605 cm³/mol. The topological polar surface area (TPSA) is 203 Å². The Morgan fingerprint density at radius 1 is 0.326 bits per heavy atom. The molecule has 0 spiro atoms. The van der Waals surface area contributed by atoms with Gasteiger partial charge in [0.1, 0.15) is 82.9 Å². The van der Waals surface area contributed by atoms with Crippen molar-refractivity contribution in [2.75, 3.05) is 126 Å². The van der Waals surface area contributed by atoms with E-state index in [0.29, 0.717) is 59.7 Å². The first-order valence-corrected chi connectivity index (χ1v) is 54.4. The maximum Gasteiger partial charge on any atom is 0.128 e. The van der Waals surface area contributed by atoms with Crippen LogP contribution in [0.15, 0.2) is 284 Å². The Kier molecular flexibility index (Phi) is 43.6. The number of aryl methyl sites for hydroxylation is 8. The van der Waals surface area contributed by atoms with Crippen molar-refractivity contribution in [2.45, 2.75) is 109 Å². The zero-order valence-electron chi connectivity index (χ0n) is 81.1. The van der Waals surface area contributed by atoms with Crippen molar-refractivity contribution < 1.29 is 27.4 Å². The summed E-state index contributed by atoms with van der Waals surface area (Å²) >= 11 is 45.9. The maximum atomic E-state index is 13.8. The quantitative estimate of drug-likeness (QED) is 0.0202. The van der Waals surface area contributed by atoms with Gasteiger partial charge in [-0.2, -0.15) is 0 Å². The minimum Gasteiger partial charge on any atom is -0.493 e. The number of aliphatic imine (C=N–C) groups is 6. The molecule has 1 aliphatic carbocycles. The Bertz CT molecular complexity index is 6380. The van der Waals surface area contributed by atoms with Crippen LogP contribution >= 0.6 is 122 Å². The molecule has 754 valence electrons. The van der Waals surface area contributed by atoms with Gasteiger partial charge in [-0.05, 0) is 292 Å². The summed E-state index contributed by atoms with van der Waals surface area (Å²) in [6.45, 7) is 13.6. The number of ether oxygens (including phenoxy) is 3. The third kappa shape index (κ3) is 32.7. The van der Waals surface area contributed by atoms with E-state index < -0.39 is 0 Å². The predicted octanol–water partition coefficient (Wildman–Crippen LogP) is 24.9. The molecule has 0 aromatic heterocycles. The van der Waals surface area contributed by atoms with Crippen LogP contribution in [0.3, 0.4) is 0 Å². The highest BCUT2D eigenvalue weighted by Crippen LogP contribution is 2.36. The second-order valence-electron chi connectivity index (χ2n) is 35.7. The highest BCUT2D eigenvalue weighted by molar-refractivity contribution is 9.11. The van der Waals surface area contributed by atoms with Gasteiger partial charge in [-0.15, -0.1) is 0 Å². The Morgan fingerprint density at radius 3 is 1.07 bits per heavy atom. The second kappa shape index (κ2) is 57.3. The molecule has 29 heteroatoms. The number of hydrogen-bond donors (Lipinski definition) is 7. The second-order valence-corrected chi connectivity index (χ2v) is 41.4. The minimum atomic E-state index is -0.240. The van der Waals surface area contributed by atoms with Gasteiger partial charge in [0.25, 0.3) is 0 Å². The molecule has 0 atom stereocenters. The van der Waals surface area contributed by atoms with Crippen molar-refractivity contribution >= 4 is 157 Å². The smallest absolute Gasteiger partial charge is 0.128 e. The Morgan fingerprint density at radius 2 is 0.674 bits per heavy atom. The molecular formula is C115H122Br4Cl5F3N14O3. The molecular weight excluding hydrogens is 2180 g/mol. The average Bonchev–Trinajstić information content (AvgIpc) is 1.45. The van der Waals surface area contributed by atoms with E-state index in [0.717, 1.165) is 308 Å². The number of likely N-dealkylation sites (N-methyl/N-ethyl adjacent to an activating group) is 1. The third-order valence-electron chi connectivity index (χ3n) is 25.4. The van der Waals surface area contributed by atoms with Gasteiger partial charge in [0.15, 0.2) is 0 Å². The molecule has 7 aliphatic rings. The van der Waals surface area contributed by atoms with Crippen LogP contribution in [-0.2, 0) is 77.0 Å². The summed E-state index contributed by atoms with van der Waals surface area (Å²) in [5, 5.41) is 23.4. The Labute approximate surface area is 903 Å². The summed E-state index contributed by atoms with van der Waals surface area (Å²) in [6, 6.07) is 75.5. The fraction of sp³-hybridized carbons (Fsp3) is 0.322. The monoisotopic (exact) mass is 2290 g/mol. The van der Waals surface area contributed by atoms with Crippen molar-refractivity contribution in [1.82, 2.24) is 36.8 Å². The van der Waals surface area contributed by atoms with Crippen LogP contribution in [0.4, 0.5) is 13.2 Å². The van der Waals surface area contributed by atoms with Gasteiger partial charge in [0.05, 0.1) is 45.9 Å². The van der Waals surface area contributed by atoms with Crippen LogP contribution in [0.1, 0.15) is 132 Å². The van der Waals surface area contributed by atoms with Crippen LogP contribution < -0.4 is 51.8 Å². The summed E-state index contributed by atoms with van der Waals surface area (Å²) in [5.41, 5.74) is 25.0. The van der Waals surface area contributed by atoms with E-state index in [1.54, 1.807) is 36.4 Å². The average molecular weight is 2300 g/mol. The fourth-order valence-electron chi connectivity index (χ4n) is 18.0. The number of nitrogens with two attached hydrogens (primary N) is 1. The van der Waals surface area contributed by atoms with E-state index >= 15 is 0 Å². The molecule has 0 bridgehead atoms. The summed E-state index contributed by atoms with van der Waals surface area (Å²) in [6.07, 6.45) is 16.0. The van der Waals surface area contributed by atoms with E-state index in [1.807, 2.05) is 111 Å². The van der Waals surface area contributed by atoms with Gasteiger partial charge in [0.2, 0.25) is 0 Å². The number of amidine groups is 6. The molecule has 12 aromatic rings. The summed E-state index contributed by atoms with van der Waals surface area (Å²) in [7, 11) is 4.09. The van der Waals surface area contributed by atoms with Gasteiger partial charge in [-0.1, -0.05) is 256 Å². The summed E-state index contributed by atoms with van der Waals surface area (Å²) in [4.78, 5) is 29.2. The summed E-state index contributed by atoms with van der Waals surface area (Å²) < 4.78 is 63.2. The van der Waals surface area contributed by atoms with Gasteiger partial charge in [-0.3, -0.25) is 30.0 Å². The standard InChI is InChI=1S/C24H28BrClN2O.C21H25BrClN3O.C19H21BrClN3O.C17H16BrFN2.2C17H16ClFN2/c25-19-10-12-23(29-16-17-5-2-1-3-6-17)18(15-19)9-11-20-21(7-4-8-22(20)26)24-27-13-14-28-24;1-26(2)12-13-27-20-9-7-16(22)14-15(20)6-8-17-18(4-3-5-19(17)23)21-24-10-11-25-21;20-14-5-7-18(25-11-8-22)13(12-14)4-6-15-16(2-1-3-17(15)21)19-23-9-10-24-19;18-16-8-7-14(19)11-13(16)6-5-12-3-1-2-4-15(12)17-20-9-10-21-17;18-15-6-3-7-16(19)14(15)9-8-12-4-1-2-5-13(12)17-20-10-11-21-17;18-14-7-8-16(19)13(11-14)6-5-12-3-1-2-4-15(12)17-20-9-10-21-17/h4,7-8,10,12,15,17H,1-3,5-6,9,11,13-14,16H2,(H,27,28);3-5,7,9,14H,6,8,10-13H2,1-2H3,(H,24,25);1-3,5,7,12H,4,6,8-11,22H2,(H,23,24);1-4,7-8,11H,5-6,9-10H2,(H,20,21);1-7H,8-11H2,(H,20,21);1-4,7-8,11H,5-6,9-10H2,(H,20,21). The van der Waals surface area contributed by atoms with Crippen LogP contribution in [0.2, 0.25) is 25.1 Å². The van der Waals surface area contributed by atoms with Crippen molar-refractivity contribution in [3.8, 4) is 17.2 Å². The van der Waals surface area contributed by atoms with Gasteiger partial charge < -0.3 is 56.7 Å². The van der Waals surface area contributed by atoms with Crippen LogP contribution in [0.25, 0.3) is 0 Å². The number of hydrogen-bond acceptors (Lipinski definition) is 17. The SMILES string of the molecule is CN(C)CCOc1ccc(Br)cc1CCc1c(Cl)cccc1C1=NCCN1.Clc1cccc(C2=NCCN2)c1CCc1cc(Br)ccc1OCC1CCCCC1.Fc1ccc(Br)c(CCc2ccccc2C2=NCCN2)c1.Fc1ccc(Cl)cc1CCc1ccccc1C1=NCCN1.Fc1cccc(Cl)c1CCc1ccccc1C1=NCCN1.NCCOc1ccc(Br)cc1CCc1c(Cl)cccc1C1=NCCN1. The van der Waals surface area contributed by atoms with E-state index in [9.17, 15) is 13.2 Å². The van der Waals surface area contributed by atoms with E-state index in [4.69, 9.17) is 77.9 Å². The lowest BCUT2D eigenvalue weighted by molar-refractivity contribution is 0.207. The molecule has 6 heterocycles. The summed E-state index contributed by atoms with van der Waals surface area (Å²) in [5.74, 6) is 8.58. The number of nitrogens with zero attached hydrogens (tertiary/aromatic N) is 7. The number of nitrogens with one attached hydrogen (secondary N) is 6. The fourth-order valence-corrected chi connectivity index (χ4v) is 21.0. The zero-order chi connectivity index (χ0) is 101. The molecule has 0 amide bonds. The molecule has 8 N–H and O–H groups in total. The van der Waals surface area contributed by atoms with Crippen LogP contribution in [0.5, 0.6) is 17.2 Å². The maximum absolute atomic E-state index is 13.8. The molecule has 0 unspecified atom stereocenters. The highest BCUT2D eigenvalue weighted by Gasteiger charge is 2.25.